The lowest BCUT2D eigenvalue weighted by atomic mass is 9.79. The summed E-state index contributed by atoms with van der Waals surface area (Å²) in [6.07, 6.45) is 4.07. The van der Waals surface area contributed by atoms with Crippen molar-refractivity contribution in [2.75, 3.05) is 26.3 Å². The van der Waals surface area contributed by atoms with Crippen molar-refractivity contribution in [2.24, 2.45) is 18.2 Å². The fourth-order valence-corrected chi connectivity index (χ4v) is 4.07. The molecule has 2 aromatic rings. The van der Waals surface area contributed by atoms with Crippen LogP contribution in [0.3, 0.4) is 0 Å². The maximum Gasteiger partial charge on any atom is 0.161 e. The smallest absolute Gasteiger partial charge is 0.161 e. The van der Waals surface area contributed by atoms with Crippen LogP contribution in [-0.2, 0) is 13.6 Å². The number of aryl methyl sites for hydroxylation is 1. The summed E-state index contributed by atoms with van der Waals surface area (Å²) in [7, 11) is 1.98. The highest BCUT2D eigenvalue weighted by Gasteiger charge is 2.33. The fraction of sp³-hybridized carbons (Fsp3) is 0.571. The van der Waals surface area contributed by atoms with Crippen molar-refractivity contribution in [3.8, 4) is 22.8 Å². The van der Waals surface area contributed by atoms with Crippen LogP contribution in [0.1, 0.15) is 32.3 Å². The van der Waals surface area contributed by atoms with Crippen LogP contribution in [0.2, 0.25) is 0 Å². The lowest BCUT2D eigenvalue weighted by molar-refractivity contribution is 0.0900. The largest absolute Gasteiger partial charge is 0.490 e. The highest BCUT2D eigenvalue weighted by Crippen LogP contribution is 2.35. The number of halogens is 1. The second kappa shape index (κ2) is 8.31. The van der Waals surface area contributed by atoms with E-state index in [1.165, 1.54) is 5.56 Å². The molecule has 0 saturated carbocycles. The number of piperidine rings is 1. The van der Waals surface area contributed by atoms with Gasteiger partial charge in [0.2, 0.25) is 0 Å². The second-order valence-corrected chi connectivity index (χ2v) is 8.48. The number of rotatable bonds is 3. The molecule has 2 aliphatic heterocycles. The summed E-state index contributed by atoms with van der Waals surface area (Å²) in [5.74, 6) is 1.63. The van der Waals surface area contributed by atoms with Crippen LogP contribution in [0.5, 0.6) is 11.5 Å². The number of ether oxygens (including phenoxy) is 2. The highest BCUT2D eigenvalue weighted by molar-refractivity contribution is 5.85. The molecule has 1 unspecified atom stereocenters. The Morgan fingerprint density at radius 2 is 1.96 bits per heavy atom. The average molecular weight is 407 g/mol. The van der Waals surface area contributed by atoms with Crippen molar-refractivity contribution in [1.82, 2.24) is 14.7 Å². The van der Waals surface area contributed by atoms with Gasteiger partial charge in [0, 0.05) is 56.5 Å². The Labute approximate surface area is 173 Å². The van der Waals surface area contributed by atoms with Gasteiger partial charge in [-0.2, -0.15) is 5.10 Å². The van der Waals surface area contributed by atoms with Gasteiger partial charge in [-0.05, 0) is 30.0 Å². The first-order chi connectivity index (χ1) is 12.9. The molecule has 0 aliphatic carbocycles. The molecule has 3 heterocycles. The molecule has 1 fully saturated rings. The van der Waals surface area contributed by atoms with E-state index in [0.717, 1.165) is 55.2 Å². The Bertz CT molecular complexity index is 821. The van der Waals surface area contributed by atoms with Gasteiger partial charge in [0.05, 0.1) is 18.9 Å². The van der Waals surface area contributed by atoms with Gasteiger partial charge in [-0.25, -0.2) is 0 Å². The van der Waals surface area contributed by atoms with E-state index in [1.807, 2.05) is 17.8 Å². The Balaban J connectivity index is 0.00000225. The summed E-state index contributed by atoms with van der Waals surface area (Å²) >= 11 is 0. The maximum absolute atomic E-state index is 6.30. The molecule has 4 rings (SSSR count). The van der Waals surface area contributed by atoms with Crippen LogP contribution in [0.4, 0.5) is 0 Å². The molecular formula is C21H31ClN4O2. The van der Waals surface area contributed by atoms with Gasteiger partial charge in [-0.3, -0.25) is 9.58 Å². The Morgan fingerprint density at radius 3 is 2.71 bits per heavy atom. The average Bonchev–Trinajstić information content (AvgIpc) is 2.84. The van der Waals surface area contributed by atoms with Gasteiger partial charge >= 0.3 is 0 Å². The molecule has 1 atom stereocenters. The first-order valence-electron chi connectivity index (χ1n) is 9.83. The van der Waals surface area contributed by atoms with Crippen LogP contribution in [-0.4, -0.2) is 47.0 Å². The lowest BCUT2D eigenvalue weighted by Gasteiger charge is -2.42. The van der Waals surface area contributed by atoms with Gasteiger partial charge in [-0.15, -0.1) is 12.4 Å². The normalized spacial score (nSPS) is 21.6. The van der Waals surface area contributed by atoms with Crippen molar-refractivity contribution in [2.45, 2.75) is 39.3 Å². The van der Waals surface area contributed by atoms with E-state index < -0.39 is 0 Å². The molecule has 154 valence electrons. The van der Waals surface area contributed by atoms with E-state index in [2.05, 4.69) is 37.1 Å². The van der Waals surface area contributed by atoms with Gasteiger partial charge in [0.15, 0.2) is 11.5 Å². The number of hydrogen-bond acceptors (Lipinski definition) is 5. The molecule has 0 bridgehead atoms. The van der Waals surface area contributed by atoms with Gasteiger partial charge in [0.25, 0.3) is 0 Å². The topological polar surface area (TPSA) is 65.5 Å². The summed E-state index contributed by atoms with van der Waals surface area (Å²) in [5, 5.41) is 4.74. The Hall–Kier alpha value is -1.76. The van der Waals surface area contributed by atoms with Crippen LogP contribution in [0.25, 0.3) is 11.3 Å². The van der Waals surface area contributed by atoms with Gasteiger partial charge < -0.3 is 15.2 Å². The molecule has 7 heteroatoms. The molecule has 28 heavy (non-hydrogen) atoms. The van der Waals surface area contributed by atoms with Crippen molar-refractivity contribution in [3.63, 3.8) is 0 Å². The summed E-state index contributed by atoms with van der Waals surface area (Å²) < 4.78 is 13.5. The van der Waals surface area contributed by atoms with Gasteiger partial charge in [0.1, 0.15) is 0 Å². The number of fused-ring (bicyclic) bond motifs is 1. The summed E-state index contributed by atoms with van der Waals surface area (Å²) in [4.78, 5) is 2.49. The molecule has 2 N–H and O–H groups in total. The minimum atomic E-state index is 0. The summed E-state index contributed by atoms with van der Waals surface area (Å²) in [6, 6.07) is 6.40. The molecule has 2 aliphatic rings. The quantitative estimate of drug-likeness (QED) is 0.847. The van der Waals surface area contributed by atoms with Crippen molar-refractivity contribution in [3.05, 3.63) is 30.0 Å². The molecule has 1 aromatic heterocycles. The number of aromatic nitrogens is 2. The van der Waals surface area contributed by atoms with E-state index >= 15 is 0 Å². The monoisotopic (exact) mass is 406 g/mol. The zero-order valence-corrected chi connectivity index (χ0v) is 17.8. The second-order valence-electron chi connectivity index (χ2n) is 8.48. The first kappa shape index (κ1) is 21.0. The molecule has 0 amide bonds. The van der Waals surface area contributed by atoms with Crippen molar-refractivity contribution >= 4 is 12.4 Å². The van der Waals surface area contributed by atoms with Gasteiger partial charge in [-0.1, -0.05) is 13.8 Å². The zero-order chi connectivity index (χ0) is 19.0. The molecule has 1 aromatic carbocycles. The third-order valence-electron chi connectivity index (χ3n) is 5.71. The predicted molar refractivity (Wildman–Crippen MR) is 113 cm³/mol. The SMILES string of the molecule is Cl.Cn1cc(CN2CCC(N)C(C)(C)C2)c(-c2ccc3c(c2)OCCCO3)n1. The van der Waals surface area contributed by atoms with Crippen LogP contribution in [0.15, 0.2) is 24.4 Å². The fourth-order valence-electron chi connectivity index (χ4n) is 4.07. The molecule has 0 spiro atoms. The molecule has 1 saturated heterocycles. The molecule has 0 radical (unpaired) electrons. The third-order valence-corrected chi connectivity index (χ3v) is 5.71. The number of nitrogens with zero attached hydrogens (tertiary/aromatic N) is 3. The minimum absolute atomic E-state index is 0. The van der Waals surface area contributed by atoms with E-state index in [9.17, 15) is 0 Å². The molecular weight excluding hydrogens is 376 g/mol. The number of benzene rings is 1. The molecule has 6 nitrogen and oxygen atoms in total. The minimum Gasteiger partial charge on any atom is -0.490 e. The standard InChI is InChI=1S/C21H30N4O2.ClH/c1-21(2)14-25(8-7-19(21)22)13-16-12-24(3)23-20(16)15-5-6-17-18(11-15)27-10-4-9-26-17;/h5-6,11-12,19H,4,7-10,13-14,22H2,1-3H3;1H. The van der Waals surface area contributed by atoms with E-state index in [-0.39, 0.29) is 23.9 Å². The summed E-state index contributed by atoms with van der Waals surface area (Å²) in [5.41, 5.74) is 9.76. The van der Waals surface area contributed by atoms with Crippen LogP contribution < -0.4 is 15.2 Å². The lowest BCUT2D eigenvalue weighted by Crippen LogP contribution is -2.52. The Morgan fingerprint density at radius 1 is 1.21 bits per heavy atom. The summed E-state index contributed by atoms with van der Waals surface area (Å²) in [6.45, 7) is 8.83. The van der Waals surface area contributed by atoms with E-state index in [4.69, 9.17) is 20.3 Å². The van der Waals surface area contributed by atoms with Crippen molar-refractivity contribution in [1.29, 1.82) is 0 Å². The zero-order valence-electron chi connectivity index (χ0n) is 17.0. The van der Waals surface area contributed by atoms with Crippen LogP contribution in [0, 0.1) is 5.41 Å². The first-order valence-corrected chi connectivity index (χ1v) is 9.83. The number of hydrogen-bond donors (Lipinski definition) is 1. The van der Waals surface area contributed by atoms with Crippen LogP contribution >= 0.6 is 12.4 Å². The number of nitrogens with two attached hydrogens (primary N) is 1. The Kier molecular flexibility index (Phi) is 6.22. The third kappa shape index (κ3) is 4.29. The van der Waals surface area contributed by atoms with E-state index in [0.29, 0.717) is 13.2 Å². The maximum atomic E-state index is 6.30. The highest BCUT2D eigenvalue weighted by atomic mass is 35.5. The predicted octanol–water partition coefficient (Wildman–Crippen LogP) is 3.23. The number of likely N-dealkylation sites (tertiary alicyclic amines) is 1. The van der Waals surface area contributed by atoms with E-state index in [1.54, 1.807) is 0 Å². The van der Waals surface area contributed by atoms with Crippen molar-refractivity contribution < 1.29 is 9.47 Å².